The summed E-state index contributed by atoms with van der Waals surface area (Å²) in [6.07, 6.45) is 1.94. The topological polar surface area (TPSA) is 41.5 Å². The maximum absolute atomic E-state index is 10.2. The molecule has 82 valence electrons. The minimum atomic E-state index is -0.121. The van der Waals surface area contributed by atoms with Crippen molar-refractivity contribution in [1.82, 2.24) is 5.32 Å². The Bertz CT molecular complexity index is 180. The molecule has 3 atom stereocenters. The van der Waals surface area contributed by atoms with Gasteiger partial charge in [0.2, 0.25) is 0 Å². The summed E-state index contributed by atoms with van der Waals surface area (Å²) in [6.45, 7) is 5.93. The van der Waals surface area contributed by atoms with Crippen LogP contribution in [0, 0.1) is 17.8 Å². The number of rotatable bonds is 2. The molecule has 0 aromatic heterocycles. The maximum atomic E-state index is 10.2. The van der Waals surface area contributed by atoms with E-state index in [1.165, 1.54) is 0 Å². The molecule has 2 heterocycles. The first-order valence-corrected chi connectivity index (χ1v) is 5.75. The molecular formula is C11H21NO2. The average Bonchev–Trinajstić information content (AvgIpc) is 2.65. The van der Waals surface area contributed by atoms with E-state index in [0.29, 0.717) is 17.8 Å². The zero-order chi connectivity index (χ0) is 9.97. The molecule has 0 spiro atoms. The number of ether oxygens (including phenoxy) is 1. The van der Waals surface area contributed by atoms with Gasteiger partial charge in [0.25, 0.3) is 0 Å². The van der Waals surface area contributed by atoms with Crippen LogP contribution in [0.2, 0.25) is 0 Å². The molecule has 3 heteroatoms. The van der Waals surface area contributed by atoms with Crippen LogP contribution in [0.5, 0.6) is 0 Å². The molecule has 3 nitrogen and oxygen atoms in total. The lowest BCUT2D eigenvalue weighted by Gasteiger charge is -2.31. The predicted molar refractivity (Wildman–Crippen MR) is 55.1 cm³/mol. The highest BCUT2D eigenvalue weighted by Gasteiger charge is 2.34. The molecule has 0 aromatic rings. The van der Waals surface area contributed by atoms with Gasteiger partial charge in [-0.15, -0.1) is 0 Å². The molecule has 2 rings (SSSR count). The molecule has 14 heavy (non-hydrogen) atoms. The highest BCUT2D eigenvalue weighted by molar-refractivity contribution is 4.87. The third kappa shape index (κ3) is 2.10. The van der Waals surface area contributed by atoms with E-state index in [1.807, 2.05) is 0 Å². The molecule has 3 unspecified atom stereocenters. The smallest absolute Gasteiger partial charge is 0.0613 e. The third-order valence-corrected chi connectivity index (χ3v) is 3.76. The van der Waals surface area contributed by atoms with Crippen molar-refractivity contribution in [2.75, 3.05) is 26.3 Å². The van der Waals surface area contributed by atoms with Gasteiger partial charge >= 0.3 is 0 Å². The van der Waals surface area contributed by atoms with Gasteiger partial charge in [0, 0.05) is 25.7 Å². The number of aliphatic hydroxyl groups is 1. The molecule has 0 bridgehead atoms. The van der Waals surface area contributed by atoms with Gasteiger partial charge in [0.15, 0.2) is 0 Å². The van der Waals surface area contributed by atoms with E-state index in [1.54, 1.807) is 0 Å². The Morgan fingerprint density at radius 3 is 2.57 bits per heavy atom. The summed E-state index contributed by atoms with van der Waals surface area (Å²) in [5.41, 5.74) is 0. The van der Waals surface area contributed by atoms with E-state index in [9.17, 15) is 5.11 Å². The standard InChI is InChI=1S/C11H21NO2/c1-8-6-12-7-10(8)11(13)9-2-4-14-5-3-9/h8-13H,2-7H2,1H3. The molecule has 2 saturated heterocycles. The van der Waals surface area contributed by atoms with E-state index in [0.717, 1.165) is 39.1 Å². The van der Waals surface area contributed by atoms with Gasteiger partial charge in [-0.1, -0.05) is 6.92 Å². The lowest BCUT2D eigenvalue weighted by atomic mass is 9.81. The van der Waals surface area contributed by atoms with Crippen molar-refractivity contribution in [3.8, 4) is 0 Å². The van der Waals surface area contributed by atoms with Crippen LogP contribution in [-0.4, -0.2) is 37.5 Å². The second kappa shape index (κ2) is 4.60. The zero-order valence-corrected chi connectivity index (χ0v) is 8.91. The van der Waals surface area contributed by atoms with E-state index < -0.39 is 0 Å². The first kappa shape index (κ1) is 10.4. The van der Waals surface area contributed by atoms with E-state index in [4.69, 9.17) is 4.74 Å². The summed E-state index contributed by atoms with van der Waals surface area (Å²) < 4.78 is 5.31. The normalized spacial score (nSPS) is 37.3. The molecule has 2 aliphatic rings. The van der Waals surface area contributed by atoms with E-state index in [-0.39, 0.29) is 6.10 Å². The monoisotopic (exact) mass is 199 g/mol. The van der Waals surface area contributed by atoms with Crippen LogP contribution < -0.4 is 5.32 Å². The maximum Gasteiger partial charge on any atom is 0.0613 e. The lowest BCUT2D eigenvalue weighted by molar-refractivity contribution is -0.0206. The number of hydrogen-bond donors (Lipinski definition) is 2. The van der Waals surface area contributed by atoms with Crippen LogP contribution in [0.4, 0.5) is 0 Å². The van der Waals surface area contributed by atoms with Crippen LogP contribution in [-0.2, 0) is 4.74 Å². The van der Waals surface area contributed by atoms with Gasteiger partial charge in [-0.2, -0.15) is 0 Å². The van der Waals surface area contributed by atoms with Gasteiger partial charge in [-0.05, 0) is 31.2 Å². The quantitative estimate of drug-likeness (QED) is 0.685. The summed E-state index contributed by atoms with van der Waals surface area (Å²) in [4.78, 5) is 0. The Morgan fingerprint density at radius 1 is 1.29 bits per heavy atom. The number of nitrogens with one attached hydrogen (secondary N) is 1. The lowest BCUT2D eigenvalue weighted by Crippen LogP contribution is -2.36. The highest BCUT2D eigenvalue weighted by Crippen LogP contribution is 2.29. The minimum Gasteiger partial charge on any atom is -0.392 e. The van der Waals surface area contributed by atoms with Crippen molar-refractivity contribution in [2.45, 2.75) is 25.9 Å². The first-order valence-electron chi connectivity index (χ1n) is 5.75. The molecule has 0 radical (unpaired) electrons. The fraction of sp³-hybridized carbons (Fsp3) is 1.00. The SMILES string of the molecule is CC1CNCC1C(O)C1CCOCC1. The van der Waals surface area contributed by atoms with Gasteiger partial charge in [-0.25, -0.2) is 0 Å². The van der Waals surface area contributed by atoms with Crippen molar-refractivity contribution in [3.63, 3.8) is 0 Å². The third-order valence-electron chi connectivity index (χ3n) is 3.76. The van der Waals surface area contributed by atoms with E-state index >= 15 is 0 Å². The number of hydrogen-bond acceptors (Lipinski definition) is 3. The molecule has 2 aliphatic heterocycles. The molecule has 0 amide bonds. The Kier molecular flexibility index (Phi) is 3.42. The molecule has 0 aliphatic carbocycles. The Hall–Kier alpha value is -0.120. The average molecular weight is 199 g/mol. The fourth-order valence-corrected chi connectivity index (χ4v) is 2.69. The predicted octanol–water partition coefficient (Wildman–Crippen LogP) is 0.629. The Morgan fingerprint density at radius 2 is 2.00 bits per heavy atom. The van der Waals surface area contributed by atoms with Crippen molar-refractivity contribution >= 4 is 0 Å². The summed E-state index contributed by atoms with van der Waals surface area (Å²) >= 11 is 0. The summed E-state index contributed by atoms with van der Waals surface area (Å²) in [7, 11) is 0. The van der Waals surface area contributed by atoms with Gasteiger partial charge < -0.3 is 15.2 Å². The summed E-state index contributed by atoms with van der Waals surface area (Å²) in [5.74, 6) is 1.54. The van der Waals surface area contributed by atoms with Crippen LogP contribution in [0.15, 0.2) is 0 Å². The molecule has 2 N–H and O–H groups in total. The molecule has 0 aromatic carbocycles. The van der Waals surface area contributed by atoms with Crippen LogP contribution >= 0.6 is 0 Å². The van der Waals surface area contributed by atoms with Gasteiger partial charge in [0.05, 0.1) is 6.10 Å². The minimum absolute atomic E-state index is 0.121. The second-order valence-corrected chi connectivity index (χ2v) is 4.74. The van der Waals surface area contributed by atoms with Crippen molar-refractivity contribution in [2.24, 2.45) is 17.8 Å². The van der Waals surface area contributed by atoms with Crippen molar-refractivity contribution < 1.29 is 9.84 Å². The van der Waals surface area contributed by atoms with E-state index in [2.05, 4.69) is 12.2 Å². The second-order valence-electron chi connectivity index (χ2n) is 4.74. The number of aliphatic hydroxyl groups excluding tert-OH is 1. The summed E-state index contributed by atoms with van der Waals surface area (Å²) in [6, 6.07) is 0. The van der Waals surface area contributed by atoms with Crippen LogP contribution in [0.1, 0.15) is 19.8 Å². The highest BCUT2D eigenvalue weighted by atomic mass is 16.5. The van der Waals surface area contributed by atoms with Crippen LogP contribution in [0.3, 0.4) is 0 Å². The Labute approximate surface area is 85.8 Å². The fourth-order valence-electron chi connectivity index (χ4n) is 2.69. The zero-order valence-electron chi connectivity index (χ0n) is 8.91. The van der Waals surface area contributed by atoms with Crippen molar-refractivity contribution in [1.29, 1.82) is 0 Å². The Balaban J connectivity index is 1.89. The van der Waals surface area contributed by atoms with Crippen molar-refractivity contribution in [3.05, 3.63) is 0 Å². The van der Waals surface area contributed by atoms with Crippen LogP contribution in [0.25, 0.3) is 0 Å². The molecule has 0 saturated carbocycles. The summed E-state index contributed by atoms with van der Waals surface area (Å²) in [5, 5.41) is 13.6. The largest absolute Gasteiger partial charge is 0.392 e. The van der Waals surface area contributed by atoms with Gasteiger partial charge in [-0.3, -0.25) is 0 Å². The molecule has 2 fully saturated rings. The first-order chi connectivity index (χ1) is 6.79. The van der Waals surface area contributed by atoms with Gasteiger partial charge in [0.1, 0.15) is 0 Å². The molecular weight excluding hydrogens is 178 g/mol.